The minimum Gasteiger partial charge on any atom is -0.496 e. The number of hydrogen-bond donors (Lipinski definition) is 0. The topological polar surface area (TPSA) is 18.5 Å². The van der Waals surface area contributed by atoms with Crippen LogP contribution >= 0.6 is 0 Å². The van der Waals surface area contributed by atoms with Gasteiger partial charge >= 0.3 is 0 Å². The number of hydrogen-bond acceptors (Lipinski definition) is 2. The fourth-order valence-corrected chi connectivity index (χ4v) is 4.05. The molecule has 0 unspecified atom stereocenters. The predicted octanol–water partition coefficient (Wildman–Crippen LogP) is 6.25. The van der Waals surface area contributed by atoms with Crippen molar-refractivity contribution in [2.45, 2.75) is 32.6 Å². The smallest absolute Gasteiger partial charge is 0.126 e. The molecule has 0 aliphatic heterocycles. The van der Waals surface area contributed by atoms with Crippen LogP contribution in [0.2, 0.25) is 0 Å². The first-order chi connectivity index (χ1) is 12.7. The van der Waals surface area contributed by atoms with Crippen LogP contribution in [0.5, 0.6) is 11.5 Å². The van der Waals surface area contributed by atoms with Gasteiger partial charge in [0.1, 0.15) is 11.5 Å². The zero-order valence-corrected chi connectivity index (χ0v) is 16.2. The summed E-state index contributed by atoms with van der Waals surface area (Å²) in [6.07, 6.45) is 6.75. The first kappa shape index (κ1) is 18.3. The molecule has 3 rings (SSSR count). The number of para-hydroxylation sites is 2. The molecular formula is C24H28O2. The Bertz CT molecular complexity index is 816. The molecule has 0 radical (unpaired) electrons. The summed E-state index contributed by atoms with van der Waals surface area (Å²) in [5.41, 5.74) is 5.34. The van der Waals surface area contributed by atoms with E-state index in [1.165, 1.54) is 23.1 Å². The fourth-order valence-electron chi connectivity index (χ4n) is 4.05. The first-order valence-corrected chi connectivity index (χ1v) is 9.29. The van der Waals surface area contributed by atoms with E-state index < -0.39 is 0 Å². The summed E-state index contributed by atoms with van der Waals surface area (Å²) in [5.74, 6) is 2.84. The lowest BCUT2D eigenvalue weighted by molar-refractivity contribution is 0.388. The average molecular weight is 348 g/mol. The summed E-state index contributed by atoms with van der Waals surface area (Å²) in [4.78, 5) is 0. The summed E-state index contributed by atoms with van der Waals surface area (Å²) >= 11 is 0. The SMILES string of the molecule is COc1ccccc1/C=C\C1=C(C)CC[C@@H](c2ccccc2OC)[C@@H]1C. The molecule has 1 aliphatic rings. The molecule has 1 aliphatic carbocycles. The van der Waals surface area contributed by atoms with Gasteiger partial charge in [-0.3, -0.25) is 0 Å². The van der Waals surface area contributed by atoms with E-state index in [-0.39, 0.29) is 0 Å². The van der Waals surface area contributed by atoms with Crippen LogP contribution in [-0.4, -0.2) is 14.2 Å². The van der Waals surface area contributed by atoms with Gasteiger partial charge in [-0.2, -0.15) is 0 Å². The Labute approximate surface area is 157 Å². The third-order valence-electron chi connectivity index (χ3n) is 5.54. The Kier molecular flexibility index (Phi) is 5.82. The van der Waals surface area contributed by atoms with Gasteiger partial charge in [0.25, 0.3) is 0 Å². The van der Waals surface area contributed by atoms with Crippen molar-refractivity contribution in [1.82, 2.24) is 0 Å². The number of benzene rings is 2. The maximum atomic E-state index is 5.62. The van der Waals surface area contributed by atoms with Crippen molar-refractivity contribution < 1.29 is 9.47 Å². The zero-order chi connectivity index (χ0) is 18.5. The fraction of sp³-hybridized carbons (Fsp3) is 0.333. The molecule has 0 heterocycles. The molecular weight excluding hydrogens is 320 g/mol. The quantitative estimate of drug-likeness (QED) is 0.636. The molecule has 2 heteroatoms. The van der Waals surface area contributed by atoms with Gasteiger partial charge in [0.15, 0.2) is 0 Å². The third-order valence-corrected chi connectivity index (χ3v) is 5.54. The molecule has 0 spiro atoms. The summed E-state index contributed by atoms with van der Waals surface area (Å²) < 4.78 is 11.1. The molecule has 26 heavy (non-hydrogen) atoms. The normalized spacial score (nSPS) is 20.5. The Morgan fingerprint density at radius 1 is 0.885 bits per heavy atom. The van der Waals surface area contributed by atoms with Crippen molar-refractivity contribution in [3.63, 3.8) is 0 Å². The lowest BCUT2D eigenvalue weighted by Gasteiger charge is -2.32. The molecule has 0 N–H and O–H groups in total. The summed E-state index contributed by atoms with van der Waals surface area (Å²) in [6, 6.07) is 16.6. The van der Waals surface area contributed by atoms with Gasteiger partial charge < -0.3 is 9.47 Å². The van der Waals surface area contributed by atoms with E-state index in [1.807, 2.05) is 24.3 Å². The van der Waals surface area contributed by atoms with Crippen LogP contribution in [0.3, 0.4) is 0 Å². The molecule has 2 nitrogen and oxygen atoms in total. The van der Waals surface area contributed by atoms with Gasteiger partial charge in [0, 0.05) is 5.56 Å². The van der Waals surface area contributed by atoms with Crippen LogP contribution in [0.25, 0.3) is 6.08 Å². The molecule has 0 saturated carbocycles. The predicted molar refractivity (Wildman–Crippen MR) is 109 cm³/mol. The van der Waals surface area contributed by atoms with Crippen LogP contribution in [0.1, 0.15) is 43.7 Å². The van der Waals surface area contributed by atoms with Gasteiger partial charge in [-0.25, -0.2) is 0 Å². The minimum atomic E-state index is 0.450. The molecule has 136 valence electrons. The number of allylic oxidation sites excluding steroid dienone is 3. The van der Waals surface area contributed by atoms with Crippen LogP contribution < -0.4 is 9.47 Å². The second-order valence-corrected chi connectivity index (χ2v) is 6.99. The molecule has 2 aromatic carbocycles. The Hall–Kier alpha value is -2.48. The lowest BCUT2D eigenvalue weighted by atomic mass is 9.73. The Morgan fingerprint density at radius 3 is 2.27 bits per heavy atom. The van der Waals surface area contributed by atoms with Crippen molar-refractivity contribution in [2.75, 3.05) is 14.2 Å². The molecule has 2 atom stereocenters. The number of ether oxygens (including phenoxy) is 2. The van der Waals surface area contributed by atoms with Gasteiger partial charge in [-0.05, 0) is 54.9 Å². The Balaban J connectivity index is 1.90. The molecule has 0 saturated heterocycles. The monoisotopic (exact) mass is 348 g/mol. The van der Waals surface area contributed by atoms with Crippen LogP contribution in [0.15, 0.2) is 65.8 Å². The number of rotatable bonds is 5. The van der Waals surface area contributed by atoms with E-state index >= 15 is 0 Å². The minimum absolute atomic E-state index is 0.450. The maximum absolute atomic E-state index is 5.62. The highest BCUT2D eigenvalue weighted by molar-refractivity contribution is 5.60. The van der Waals surface area contributed by atoms with Crippen LogP contribution in [0, 0.1) is 5.92 Å². The third kappa shape index (κ3) is 3.70. The summed E-state index contributed by atoms with van der Waals surface area (Å²) in [7, 11) is 3.48. The summed E-state index contributed by atoms with van der Waals surface area (Å²) in [6.45, 7) is 4.60. The largest absolute Gasteiger partial charge is 0.496 e. The Morgan fingerprint density at radius 2 is 1.54 bits per heavy atom. The highest BCUT2D eigenvalue weighted by Gasteiger charge is 2.28. The second-order valence-electron chi connectivity index (χ2n) is 6.99. The number of methoxy groups -OCH3 is 2. The van der Waals surface area contributed by atoms with Crippen molar-refractivity contribution in [1.29, 1.82) is 0 Å². The van der Waals surface area contributed by atoms with Crippen LogP contribution in [0.4, 0.5) is 0 Å². The van der Waals surface area contributed by atoms with Gasteiger partial charge in [-0.15, -0.1) is 0 Å². The maximum Gasteiger partial charge on any atom is 0.126 e. The highest BCUT2D eigenvalue weighted by Crippen LogP contribution is 2.44. The zero-order valence-electron chi connectivity index (χ0n) is 16.2. The van der Waals surface area contributed by atoms with E-state index in [0.717, 1.165) is 23.5 Å². The van der Waals surface area contributed by atoms with Crippen molar-refractivity contribution in [3.05, 3.63) is 76.9 Å². The van der Waals surface area contributed by atoms with Gasteiger partial charge in [0.05, 0.1) is 14.2 Å². The van der Waals surface area contributed by atoms with Crippen molar-refractivity contribution in [3.8, 4) is 11.5 Å². The molecule has 2 aromatic rings. The van der Waals surface area contributed by atoms with Gasteiger partial charge in [0.2, 0.25) is 0 Å². The van der Waals surface area contributed by atoms with Crippen LogP contribution in [-0.2, 0) is 0 Å². The van der Waals surface area contributed by atoms with Crippen molar-refractivity contribution in [2.24, 2.45) is 5.92 Å². The standard InChI is InChI=1S/C24H28O2/c1-17-13-15-21(22-10-6-8-12-24(22)26-4)18(2)20(17)16-14-19-9-5-7-11-23(19)25-3/h5-12,14,16,18,21H,13,15H2,1-4H3/b16-14-/t18-,21-/m1/s1. The van der Waals surface area contributed by atoms with Crippen molar-refractivity contribution >= 4 is 6.08 Å². The van der Waals surface area contributed by atoms with E-state index in [2.05, 4.69) is 50.3 Å². The molecule has 0 bridgehead atoms. The highest BCUT2D eigenvalue weighted by atomic mass is 16.5. The van der Waals surface area contributed by atoms with E-state index in [4.69, 9.17) is 9.47 Å². The molecule has 0 fully saturated rings. The molecule has 0 aromatic heterocycles. The van der Waals surface area contributed by atoms with Gasteiger partial charge in [-0.1, -0.05) is 61.0 Å². The van der Waals surface area contributed by atoms with E-state index in [9.17, 15) is 0 Å². The van der Waals surface area contributed by atoms with E-state index in [1.54, 1.807) is 14.2 Å². The van der Waals surface area contributed by atoms with E-state index in [0.29, 0.717) is 11.8 Å². The summed E-state index contributed by atoms with van der Waals surface area (Å²) in [5, 5.41) is 0. The first-order valence-electron chi connectivity index (χ1n) is 9.29. The molecule has 0 amide bonds. The lowest BCUT2D eigenvalue weighted by Crippen LogP contribution is -2.18. The average Bonchev–Trinajstić information content (AvgIpc) is 2.68. The second kappa shape index (κ2) is 8.27.